The molecule has 17 heavy (non-hydrogen) atoms. The van der Waals surface area contributed by atoms with Crippen LogP contribution in [0.2, 0.25) is 0 Å². The van der Waals surface area contributed by atoms with Crippen LogP contribution >= 0.6 is 0 Å². The molecule has 2 N–H and O–H groups in total. The minimum Gasteiger partial charge on any atom is -0.480 e. The highest BCUT2D eigenvalue weighted by atomic mass is 32.2. The molecular weight excluding hydrogens is 242 g/mol. The smallest absolute Gasteiger partial charge is 0.322 e. The van der Waals surface area contributed by atoms with Crippen LogP contribution in [0.1, 0.15) is 13.8 Å². The van der Waals surface area contributed by atoms with Gasteiger partial charge in [0.1, 0.15) is 6.04 Å². The molecule has 0 fully saturated rings. The number of rotatable bonds is 5. The average Bonchev–Trinajstić information content (AvgIpc) is 2.26. The predicted octanol–water partition coefficient (Wildman–Crippen LogP) is 1.07. The summed E-state index contributed by atoms with van der Waals surface area (Å²) in [5.74, 6) is -1.51. The van der Waals surface area contributed by atoms with E-state index in [4.69, 9.17) is 5.11 Å². The van der Waals surface area contributed by atoms with Crippen molar-refractivity contribution >= 4 is 16.0 Å². The Hall–Kier alpha value is -1.40. The number of benzene rings is 1. The van der Waals surface area contributed by atoms with Gasteiger partial charge in [0.25, 0.3) is 0 Å². The maximum absolute atomic E-state index is 11.9. The summed E-state index contributed by atoms with van der Waals surface area (Å²) < 4.78 is 25.9. The van der Waals surface area contributed by atoms with Crippen LogP contribution < -0.4 is 4.72 Å². The first-order chi connectivity index (χ1) is 7.84. The van der Waals surface area contributed by atoms with Gasteiger partial charge in [0.05, 0.1) is 4.90 Å². The van der Waals surface area contributed by atoms with Gasteiger partial charge < -0.3 is 5.11 Å². The molecule has 0 amide bonds. The van der Waals surface area contributed by atoms with Gasteiger partial charge in [0.2, 0.25) is 10.0 Å². The number of nitrogens with one attached hydrogen (secondary N) is 1. The molecule has 1 atom stereocenters. The lowest BCUT2D eigenvalue weighted by atomic mass is 10.1. The highest BCUT2D eigenvalue weighted by Crippen LogP contribution is 2.11. The first-order valence-electron chi connectivity index (χ1n) is 5.15. The minimum absolute atomic E-state index is 0.0619. The van der Waals surface area contributed by atoms with E-state index in [1.807, 2.05) is 0 Å². The second kappa shape index (κ2) is 5.29. The van der Waals surface area contributed by atoms with Crippen LogP contribution in [0.15, 0.2) is 35.2 Å². The van der Waals surface area contributed by atoms with E-state index in [0.717, 1.165) is 0 Å². The molecule has 94 valence electrons. The van der Waals surface area contributed by atoms with Crippen molar-refractivity contribution in [2.45, 2.75) is 24.8 Å². The summed E-state index contributed by atoms with van der Waals surface area (Å²) in [7, 11) is -3.78. The van der Waals surface area contributed by atoms with Crippen LogP contribution in [0.4, 0.5) is 0 Å². The normalized spacial score (nSPS) is 13.6. The summed E-state index contributed by atoms with van der Waals surface area (Å²) in [5, 5.41) is 8.93. The molecule has 0 heterocycles. The fraction of sp³-hybridized carbons (Fsp3) is 0.364. The number of sulfonamides is 1. The molecule has 0 aliphatic carbocycles. The number of carboxylic acids is 1. The minimum atomic E-state index is -3.78. The Kier molecular flexibility index (Phi) is 4.25. The van der Waals surface area contributed by atoms with Crippen molar-refractivity contribution < 1.29 is 18.3 Å². The van der Waals surface area contributed by atoms with Gasteiger partial charge >= 0.3 is 5.97 Å². The fourth-order valence-corrected chi connectivity index (χ4v) is 2.67. The van der Waals surface area contributed by atoms with E-state index in [2.05, 4.69) is 4.72 Å². The largest absolute Gasteiger partial charge is 0.480 e. The number of hydrogen-bond acceptors (Lipinski definition) is 3. The quantitative estimate of drug-likeness (QED) is 0.826. The number of aliphatic carboxylic acids is 1. The van der Waals surface area contributed by atoms with Crippen molar-refractivity contribution in [1.82, 2.24) is 4.72 Å². The lowest BCUT2D eigenvalue weighted by Crippen LogP contribution is -2.44. The maximum Gasteiger partial charge on any atom is 0.322 e. The van der Waals surface area contributed by atoms with Crippen molar-refractivity contribution in [3.63, 3.8) is 0 Å². The fourth-order valence-electron chi connectivity index (χ4n) is 1.31. The monoisotopic (exact) mass is 257 g/mol. The van der Waals surface area contributed by atoms with Gasteiger partial charge in [0, 0.05) is 0 Å². The Morgan fingerprint density at radius 2 is 1.76 bits per heavy atom. The second-order valence-electron chi connectivity index (χ2n) is 3.99. The molecule has 1 rings (SSSR count). The van der Waals surface area contributed by atoms with Crippen LogP contribution in [0.3, 0.4) is 0 Å². The van der Waals surface area contributed by atoms with Gasteiger partial charge in [-0.25, -0.2) is 8.42 Å². The Balaban J connectivity index is 2.97. The van der Waals surface area contributed by atoms with Gasteiger partial charge in [-0.1, -0.05) is 32.0 Å². The molecule has 0 spiro atoms. The Labute approximate surface area is 101 Å². The van der Waals surface area contributed by atoms with E-state index in [1.54, 1.807) is 32.0 Å². The summed E-state index contributed by atoms with van der Waals surface area (Å²) in [6.45, 7) is 3.29. The van der Waals surface area contributed by atoms with Crippen molar-refractivity contribution in [2.24, 2.45) is 5.92 Å². The molecule has 0 saturated heterocycles. The van der Waals surface area contributed by atoms with Crippen LogP contribution in [0.25, 0.3) is 0 Å². The second-order valence-corrected chi connectivity index (χ2v) is 5.71. The zero-order chi connectivity index (χ0) is 13.1. The van der Waals surface area contributed by atoms with Crippen molar-refractivity contribution in [3.05, 3.63) is 30.3 Å². The Morgan fingerprint density at radius 1 is 1.24 bits per heavy atom. The van der Waals surface area contributed by atoms with Gasteiger partial charge in [-0.15, -0.1) is 0 Å². The van der Waals surface area contributed by atoms with Crippen molar-refractivity contribution in [1.29, 1.82) is 0 Å². The van der Waals surface area contributed by atoms with E-state index in [0.29, 0.717) is 0 Å². The first-order valence-corrected chi connectivity index (χ1v) is 6.63. The van der Waals surface area contributed by atoms with Gasteiger partial charge in [-0.3, -0.25) is 4.79 Å². The molecule has 0 aromatic heterocycles. The third-order valence-electron chi connectivity index (χ3n) is 2.27. The molecule has 0 bridgehead atoms. The number of carboxylic acid groups (broad SMARTS) is 1. The molecule has 0 aliphatic rings. The standard InChI is InChI=1S/C11H15NO4S/c1-8(2)10(11(13)14)12-17(15,16)9-6-4-3-5-7-9/h3-8,10,12H,1-2H3,(H,13,14)/t10-/m1/s1. The summed E-state index contributed by atoms with van der Waals surface area (Å²) >= 11 is 0. The third kappa shape index (κ3) is 3.54. The summed E-state index contributed by atoms with van der Waals surface area (Å²) in [6, 6.07) is 6.57. The molecule has 0 radical (unpaired) electrons. The Bertz CT molecular complexity index is 481. The molecule has 6 heteroatoms. The molecule has 0 aliphatic heterocycles. The SMILES string of the molecule is CC(C)[C@@H](NS(=O)(=O)c1ccccc1)C(=O)O. The number of hydrogen-bond donors (Lipinski definition) is 2. The molecule has 1 aromatic carbocycles. The third-order valence-corrected chi connectivity index (χ3v) is 3.73. The van der Waals surface area contributed by atoms with Crippen LogP contribution in [0.5, 0.6) is 0 Å². The molecule has 0 unspecified atom stereocenters. The lowest BCUT2D eigenvalue weighted by Gasteiger charge is -2.17. The van der Waals surface area contributed by atoms with Crippen LogP contribution in [0, 0.1) is 5.92 Å². The Morgan fingerprint density at radius 3 is 2.18 bits per heavy atom. The van der Waals surface area contributed by atoms with Crippen molar-refractivity contribution in [2.75, 3.05) is 0 Å². The maximum atomic E-state index is 11.9. The highest BCUT2D eigenvalue weighted by molar-refractivity contribution is 7.89. The van der Waals surface area contributed by atoms with E-state index in [1.165, 1.54) is 12.1 Å². The summed E-state index contributed by atoms with van der Waals surface area (Å²) in [6.07, 6.45) is 0. The van der Waals surface area contributed by atoms with E-state index in [9.17, 15) is 13.2 Å². The van der Waals surface area contributed by atoms with Gasteiger partial charge in [-0.05, 0) is 18.1 Å². The average molecular weight is 257 g/mol. The van der Waals surface area contributed by atoms with E-state index in [-0.39, 0.29) is 10.8 Å². The first kappa shape index (κ1) is 13.7. The van der Waals surface area contributed by atoms with Gasteiger partial charge in [0.15, 0.2) is 0 Å². The van der Waals surface area contributed by atoms with Crippen LogP contribution in [-0.4, -0.2) is 25.5 Å². The van der Waals surface area contributed by atoms with Gasteiger partial charge in [-0.2, -0.15) is 4.72 Å². The zero-order valence-electron chi connectivity index (χ0n) is 9.62. The van der Waals surface area contributed by atoms with Crippen LogP contribution in [-0.2, 0) is 14.8 Å². The zero-order valence-corrected chi connectivity index (χ0v) is 10.4. The predicted molar refractivity (Wildman–Crippen MR) is 63.0 cm³/mol. The van der Waals surface area contributed by atoms with E-state index < -0.39 is 22.0 Å². The topological polar surface area (TPSA) is 83.5 Å². The lowest BCUT2D eigenvalue weighted by molar-refractivity contribution is -0.140. The molecular formula is C11H15NO4S. The molecule has 5 nitrogen and oxygen atoms in total. The highest BCUT2D eigenvalue weighted by Gasteiger charge is 2.27. The molecule has 0 saturated carbocycles. The van der Waals surface area contributed by atoms with E-state index >= 15 is 0 Å². The summed E-state index contributed by atoms with van der Waals surface area (Å²) in [5.41, 5.74) is 0. The molecule has 1 aromatic rings. The summed E-state index contributed by atoms with van der Waals surface area (Å²) in [4.78, 5) is 11.0. The number of carbonyl (C=O) groups is 1. The van der Waals surface area contributed by atoms with Crippen molar-refractivity contribution in [3.8, 4) is 0 Å².